The number of hydrogen-bond donors (Lipinski definition) is 2. The maximum absolute atomic E-state index is 5.55. The van der Waals surface area contributed by atoms with Gasteiger partial charge < -0.3 is 24.5 Å². The van der Waals surface area contributed by atoms with Gasteiger partial charge in [0, 0.05) is 45.8 Å². The molecule has 0 saturated carbocycles. The van der Waals surface area contributed by atoms with E-state index in [9.17, 15) is 0 Å². The fourth-order valence-corrected chi connectivity index (χ4v) is 3.69. The molecule has 1 atom stereocenters. The first-order valence-electron chi connectivity index (χ1n) is 10.6. The predicted molar refractivity (Wildman–Crippen MR) is 128 cm³/mol. The molecule has 8 heteroatoms. The molecule has 29 heavy (non-hydrogen) atoms. The molecule has 2 N–H and O–H groups in total. The van der Waals surface area contributed by atoms with Gasteiger partial charge in [0.05, 0.1) is 32.6 Å². The fourth-order valence-electron chi connectivity index (χ4n) is 3.69. The van der Waals surface area contributed by atoms with Crippen molar-refractivity contribution >= 4 is 29.9 Å². The third-order valence-electron chi connectivity index (χ3n) is 5.39. The van der Waals surface area contributed by atoms with Gasteiger partial charge in [-0.1, -0.05) is 26.7 Å². The first-order chi connectivity index (χ1) is 13.8. The Morgan fingerprint density at radius 1 is 1.21 bits per heavy atom. The highest BCUT2D eigenvalue weighted by Crippen LogP contribution is 2.20. The number of aliphatic imine (C=N–C) groups is 1. The van der Waals surface area contributed by atoms with Crippen LogP contribution in [0.4, 0.5) is 0 Å². The van der Waals surface area contributed by atoms with Gasteiger partial charge in [0.1, 0.15) is 5.76 Å². The molecule has 2 rings (SSSR count). The lowest BCUT2D eigenvalue weighted by Crippen LogP contribution is -2.49. The lowest BCUT2D eigenvalue weighted by atomic mass is 9.92. The van der Waals surface area contributed by atoms with Crippen LogP contribution in [0, 0.1) is 5.92 Å². The van der Waals surface area contributed by atoms with E-state index >= 15 is 0 Å². The van der Waals surface area contributed by atoms with Gasteiger partial charge in [0.2, 0.25) is 0 Å². The molecule has 0 amide bonds. The quantitative estimate of drug-likeness (QED) is 0.191. The van der Waals surface area contributed by atoms with Crippen molar-refractivity contribution in [2.45, 2.75) is 39.2 Å². The summed E-state index contributed by atoms with van der Waals surface area (Å²) in [6.45, 7) is 11.1. The summed E-state index contributed by atoms with van der Waals surface area (Å²) in [7, 11) is 1.71. The molecule has 0 bridgehead atoms. The number of morpholine rings is 1. The summed E-state index contributed by atoms with van der Waals surface area (Å²) in [5.41, 5.74) is 0. The SMILES string of the molecule is CCC(CC)C(CN=C(NCCOC)NCCc1ccco1)N1CCOCC1.I. The molecule has 0 aliphatic carbocycles. The van der Waals surface area contributed by atoms with Crippen LogP contribution in [0.1, 0.15) is 32.4 Å². The standard InChI is InChI=1S/C21H38N4O3.HI/c1-4-18(5-2)20(25-11-15-27-16-12-25)17-24-21(23-10-14-26-3)22-9-8-19-7-6-13-28-19;/h6-7,13,18,20H,4-5,8-12,14-17H2,1-3H3,(H2,22,23,24);1H. The molecule has 1 aliphatic rings. The molecule has 1 saturated heterocycles. The van der Waals surface area contributed by atoms with Crippen LogP contribution in [0.5, 0.6) is 0 Å². The van der Waals surface area contributed by atoms with Gasteiger partial charge in [-0.05, 0) is 18.1 Å². The number of rotatable bonds is 12. The number of hydrogen-bond acceptors (Lipinski definition) is 5. The van der Waals surface area contributed by atoms with Crippen LogP contribution in [0.2, 0.25) is 0 Å². The van der Waals surface area contributed by atoms with Crippen LogP contribution in [0.3, 0.4) is 0 Å². The second-order valence-electron chi connectivity index (χ2n) is 7.16. The molecule has 1 aromatic rings. The van der Waals surface area contributed by atoms with E-state index in [2.05, 4.69) is 29.4 Å². The molecule has 0 radical (unpaired) electrons. The van der Waals surface area contributed by atoms with E-state index in [1.807, 2.05) is 12.1 Å². The maximum Gasteiger partial charge on any atom is 0.191 e. The highest BCUT2D eigenvalue weighted by atomic mass is 127. The van der Waals surface area contributed by atoms with Crippen LogP contribution in [0.15, 0.2) is 27.8 Å². The number of guanidine groups is 1. The van der Waals surface area contributed by atoms with Crippen molar-refractivity contribution in [3.05, 3.63) is 24.2 Å². The smallest absolute Gasteiger partial charge is 0.191 e. The monoisotopic (exact) mass is 522 g/mol. The number of nitrogens with one attached hydrogen (secondary N) is 2. The average Bonchev–Trinajstić information content (AvgIpc) is 3.25. The molecular formula is C21H39IN4O3. The number of methoxy groups -OCH3 is 1. The van der Waals surface area contributed by atoms with Gasteiger partial charge in [-0.25, -0.2) is 0 Å². The molecule has 1 aliphatic heterocycles. The third kappa shape index (κ3) is 9.67. The number of ether oxygens (including phenoxy) is 2. The van der Waals surface area contributed by atoms with Crippen molar-refractivity contribution in [3.63, 3.8) is 0 Å². The summed E-state index contributed by atoms with van der Waals surface area (Å²) in [5, 5.41) is 6.80. The van der Waals surface area contributed by atoms with Gasteiger partial charge in [-0.3, -0.25) is 9.89 Å². The van der Waals surface area contributed by atoms with Gasteiger partial charge in [-0.2, -0.15) is 0 Å². The molecule has 1 fully saturated rings. The minimum atomic E-state index is 0. The van der Waals surface area contributed by atoms with E-state index in [0.717, 1.165) is 64.1 Å². The van der Waals surface area contributed by atoms with Crippen molar-refractivity contribution < 1.29 is 13.9 Å². The third-order valence-corrected chi connectivity index (χ3v) is 5.39. The molecular weight excluding hydrogens is 483 g/mol. The lowest BCUT2D eigenvalue weighted by Gasteiger charge is -2.38. The van der Waals surface area contributed by atoms with Crippen molar-refractivity contribution in [1.29, 1.82) is 0 Å². The topological polar surface area (TPSA) is 71.3 Å². The maximum atomic E-state index is 5.55. The highest BCUT2D eigenvalue weighted by molar-refractivity contribution is 14.0. The summed E-state index contributed by atoms with van der Waals surface area (Å²) >= 11 is 0. The number of furan rings is 1. The molecule has 1 unspecified atom stereocenters. The molecule has 2 heterocycles. The van der Waals surface area contributed by atoms with Gasteiger partial charge in [0.15, 0.2) is 5.96 Å². The Kier molecular flexibility index (Phi) is 14.4. The second kappa shape index (κ2) is 15.9. The molecule has 0 aromatic carbocycles. The second-order valence-corrected chi connectivity index (χ2v) is 7.16. The van der Waals surface area contributed by atoms with E-state index in [-0.39, 0.29) is 24.0 Å². The summed E-state index contributed by atoms with van der Waals surface area (Å²) in [4.78, 5) is 7.49. The summed E-state index contributed by atoms with van der Waals surface area (Å²) in [6.07, 6.45) is 4.89. The Labute approximate surface area is 193 Å². The van der Waals surface area contributed by atoms with Gasteiger partial charge in [-0.15, -0.1) is 24.0 Å². The highest BCUT2D eigenvalue weighted by Gasteiger charge is 2.26. The first-order valence-corrected chi connectivity index (χ1v) is 10.6. The zero-order valence-corrected chi connectivity index (χ0v) is 20.5. The van der Waals surface area contributed by atoms with Crippen molar-refractivity contribution in [2.24, 2.45) is 10.9 Å². The summed E-state index contributed by atoms with van der Waals surface area (Å²) in [6, 6.07) is 4.37. The molecule has 168 valence electrons. The normalized spacial score (nSPS) is 16.5. The summed E-state index contributed by atoms with van der Waals surface area (Å²) in [5.74, 6) is 2.46. The summed E-state index contributed by atoms with van der Waals surface area (Å²) < 4.78 is 16.1. The van der Waals surface area contributed by atoms with E-state index in [0.29, 0.717) is 18.6 Å². The zero-order valence-electron chi connectivity index (χ0n) is 18.2. The lowest BCUT2D eigenvalue weighted by molar-refractivity contribution is 0.00395. The Morgan fingerprint density at radius 3 is 2.55 bits per heavy atom. The molecule has 1 aromatic heterocycles. The van der Waals surface area contributed by atoms with Crippen LogP contribution in [-0.2, 0) is 15.9 Å². The Hall–Kier alpha value is -0.840. The average molecular weight is 522 g/mol. The van der Waals surface area contributed by atoms with Crippen LogP contribution in [0.25, 0.3) is 0 Å². The van der Waals surface area contributed by atoms with Gasteiger partial charge in [0.25, 0.3) is 0 Å². The first kappa shape index (κ1) is 26.2. The predicted octanol–water partition coefficient (Wildman–Crippen LogP) is 2.76. The van der Waals surface area contributed by atoms with Crippen molar-refractivity contribution in [2.75, 3.05) is 59.7 Å². The Bertz CT molecular complexity index is 532. The minimum absolute atomic E-state index is 0. The minimum Gasteiger partial charge on any atom is -0.469 e. The van der Waals surface area contributed by atoms with Crippen molar-refractivity contribution in [3.8, 4) is 0 Å². The van der Waals surface area contributed by atoms with E-state index < -0.39 is 0 Å². The fraction of sp³-hybridized carbons (Fsp3) is 0.762. The molecule has 7 nitrogen and oxygen atoms in total. The van der Waals surface area contributed by atoms with E-state index in [4.69, 9.17) is 18.9 Å². The number of halogens is 1. The van der Waals surface area contributed by atoms with Crippen LogP contribution >= 0.6 is 24.0 Å². The number of nitrogens with zero attached hydrogens (tertiary/aromatic N) is 2. The largest absolute Gasteiger partial charge is 0.469 e. The zero-order chi connectivity index (χ0) is 20.0. The van der Waals surface area contributed by atoms with Crippen LogP contribution < -0.4 is 10.6 Å². The van der Waals surface area contributed by atoms with Crippen LogP contribution in [-0.4, -0.2) is 76.6 Å². The van der Waals surface area contributed by atoms with Crippen molar-refractivity contribution in [1.82, 2.24) is 15.5 Å². The Balaban J connectivity index is 0.00000420. The molecule has 0 spiro atoms. The van der Waals surface area contributed by atoms with E-state index in [1.54, 1.807) is 13.4 Å². The Morgan fingerprint density at radius 2 is 1.93 bits per heavy atom. The van der Waals surface area contributed by atoms with E-state index in [1.165, 1.54) is 12.8 Å². The van der Waals surface area contributed by atoms with Gasteiger partial charge >= 0.3 is 0 Å².